The number of fused-ring (bicyclic) bond motifs is 1. The number of hydrogen-bond donors (Lipinski definition) is 1. The van der Waals surface area contributed by atoms with Crippen LogP contribution in [0, 0.1) is 0 Å². The molecule has 1 aliphatic carbocycles. The fourth-order valence-electron chi connectivity index (χ4n) is 4.70. The second kappa shape index (κ2) is 8.35. The highest BCUT2D eigenvalue weighted by Gasteiger charge is 2.26. The van der Waals surface area contributed by atoms with E-state index in [1.165, 1.54) is 29.5 Å². The first kappa shape index (κ1) is 19.0. The third kappa shape index (κ3) is 4.07. The van der Waals surface area contributed by atoms with Gasteiger partial charge in [-0.15, -0.1) is 0 Å². The Morgan fingerprint density at radius 2 is 2.11 bits per heavy atom. The minimum absolute atomic E-state index is 0.0713. The molecule has 2 aliphatic rings. The summed E-state index contributed by atoms with van der Waals surface area (Å²) in [6.45, 7) is 5.52. The highest BCUT2D eigenvalue weighted by molar-refractivity contribution is 5.66. The van der Waals surface area contributed by atoms with Crippen molar-refractivity contribution in [1.29, 1.82) is 0 Å². The lowest BCUT2D eigenvalue weighted by molar-refractivity contribution is -0.137. The zero-order valence-electron chi connectivity index (χ0n) is 16.6. The molecule has 1 N–H and O–H groups in total. The maximum Gasteiger partial charge on any atom is 0.325 e. The molecule has 6 nitrogen and oxygen atoms in total. The van der Waals surface area contributed by atoms with Crippen LogP contribution in [0.3, 0.4) is 0 Å². The van der Waals surface area contributed by atoms with Gasteiger partial charge in [-0.1, -0.05) is 6.07 Å². The molecule has 1 aromatic carbocycles. The number of piperidine rings is 1. The predicted octanol–water partition coefficient (Wildman–Crippen LogP) is 3.23. The lowest BCUT2D eigenvalue weighted by Crippen LogP contribution is -2.35. The molecule has 0 bridgehead atoms. The highest BCUT2D eigenvalue weighted by atomic mass is 16.5. The van der Waals surface area contributed by atoms with Crippen LogP contribution in [-0.4, -0.2) is 45.5 Å². The first-order chi connectivity index (χ1) is 13.6. The highest BCUT2D eigenvalue weighted by Crippen LogP contribution is 2.33. The SMILES string of the molecule is CCOc1cc2c(cc1CN1CCC[C@@H](c3ccnn3CC(=O)O)C1)CCC2. The van der Waals surface area contributed by atoms with E-state index in [0.29, 0.717) is 12.5 Å². The molecule has 0 spiro atoms. The van der Waals surface area contributed by atoms with Crippen LogP contribution < -0.4 is 4.74 Å². The van der Waals surface area contributed by atoms with Crippen LogP contribution in [0.15, 0.2) is 24.4 Å². The molecule has 0 radical (unpaired) electrons. The van der Waals surface area contributed by atoms with Crippen molar-refractivity contribution in [2.75, 3.05) is 19.7 Å². The zero-order chi connectivity index (χ0) is 19.5. The van der Waals surface area contributed by atoms with Gasteiger partial charge in [0.15, 0.2) is 0 Å². The fraction of sp³-hybridized carbons (Fsp3) is 0.545. The number of nitrogens with zero attached hydrogens (tertiary/aromatic N) is 3. The summed E-state index contributed by atoms with van der Waals surface area (Å²) in [4.78, 5) is 13.6. The van der Waals surface area contributed by atoms with Gasteiger partial charge in [0.25, 0.3) is 0 Å². The standard InChI is InChI=1S/C22H29N3O3/c1-2-28-21-12-17-6-3-5-16(17)11-19(21)14-24-10-4-7-18(13-24)20-8-9-23-25(20)15-22(26)27/h8-9,11-12,18H,2-7,10,13-15H2,1H3,(H,26,27)/t18-/m1/s1. The summed E-state index contributed by atoms with van der Waals surface area (Å²) in [5.41, 5.74) is 5.24. The number of hydrogen-bond acceptors (Lipinski definition) is 4. The largest absolute Gasteiger partial charge is 0.494 e. The molecule has 1 saturated heterocycles. The summed E-state index contributed by atoms with van der Waals surface area (Å²) < 4.78 is 7.60. The molecular formula is C22H29N3O3. The normalized spacial score (nSPS) is 19.5. The maximum absolute atomic E-state index is 11.1. The quantitative estimate of drug-likeness (QED) is 0.795. The first-order valence-electron chi connectivity index (χ1n) is 10.4. The number of likely N-dealkylation sites (tertiary alicyclic amines) is 1. The minimum Gasteiger partial charge on any atom is -0.494 e. The molecule has 1 fully saturated rings. The van der Waals surface area contributed by atoms with Gasteiger partial charge in [-0.2, -0.15) is 5.10 Å². The van der Waals surface area contributed by atoms with E-state index < -0.39 is 5.97 Å². The number of rotatable bonds is 7. The molecule has 28 heavy (non-hydrogen) atoms. The van der Waals surface area contributed by atoms with Crippen LogP contribution >= 0.6 is 0 Å². The van der Waals surface area contributed by atoms with E-state index >= 15 is 0 Å². The molecule has 2 aromatic rings. The Morgan fingerprint density at radius 1 is 1.29 bits per heavy atom. The summed E-state index contributed by atoms with van der Waals surface area (Å²) in [6, 6.07) is 6.58. The monoisotopic (exact) mass is 383 g/mol. The topological polar surface area (TPSA) is 67.6 Å². The second-order valence-corrected chi connectivity index (χ2v) is 7.90. The smallest absolute Gasteiger partial charge is 0.325 e. The minimum atomic E-state index is -0.850. The van der Waals surface area contributed by atoms with Gasteiger partial charge in [0.1, 0.15) is 12.3 Å². The Morgan fingerprint density at radius 3 is 2.89 bits per heavy atom. The third-order valence-corrected chi connectivity index (χ3v) is 5.93. The van der Waals surface area contributed by atoms with E-state index in [1.54, 1.807) is 10.9 Å². The Bertz CT molecular complexity index is 846. The van der Waals surface area contributed by atoms with Crippen molar-refractivity contribution in [2.24, 2.45) is 0 Å². The van der Waals surface area contributed by atoms with Crippen LogP contribution in [-0.2, 0) is 30.7 Å². The molecule has 2 heterocycles. The fourth-order valence-corrected chi connectivity index (χ4v) is 4.70. The van der Waals surface area contributed by atoms with E-state index in [9.17, 15) is 4.79 Å². The second-order valence-electron chi connectivity index (χ2n) is 7.90. The van der Waals surface area contributed by atoms with Crippen molar-refractivity contribution in [1.82, 2.24) is 14.7 Å². The van der Waals surface area contributed by atoms with Gasteiger partial charge in [0, 0.05) is 36.5 Å². The number of carboxylic acid groups (broad SMARTS) is 1. The molecule has 4 rings (SSSR count). The van der Waals surface area contributed by atoms with Gasteiger partial charge < -0.3 is 9.84 Å². The summed E-state index contributed by atoms with van der Waals surface area (Å²) in [5.74, 6) is 0.499. The van der Waals surface area contributed by atoms with Crippen LogP contribution in [0.5, 0.6) is 5.75 Å². The number of carbonyl (C=O) groups is 1. The molecule has 6 heteroatoms. The number of benzene rings is 1. The Hall–Kier alpha value is -2.34. The molecule has 1 aliphatic heterocycles. The zero-order valence-corrected chi connectivity index (χ0v) is 16.6. The van der Waals surface area contributed by atoms with E-state index in [1.807, 2.05) is 13.0 Å². The Labute approximate surface area is 166 Å². The van der Waals surface area contributed by atoms with E-state index in [4.69, 9.17) is 9.84 Å². The van der Waals surface area contributed by atoms with Crippen molar-refractivity contribution in [2.45, 2.75) is 58.0 Å². The summed E-state index contributed by atoms with van der Waals surface area (Å²) in [6.07, 6.45) is 7.47. The van der Waals surface area contributed by atoms with Crippen molar-refractivity contribution in [3.8, 4) is 5.75 Å². The number of aliphatic carboxylic acids is 1. The van der Waals surface area contributed by atoms with Crippen LogP contribution in [0.25, 0.3) is 0 Å². The number of carboxylic acids is 1. The van der Waals surface area contributed by atoms with Crippen molar-refractivity contribution < 1.29 is 14.6 Å². The molecule has 0 amide bonds. The average Bonchev–Trinajstić information content (AvgIpc) is 3.31. The molecular weight excluding hydrogens is 354 g/mol. The summed E-state index contributed by atoms with van der Waals surface area (Å²) >= 11 is 0. The summed E-state index contributed by atoms with van der Waals surface area (Å²) in [5, 5.41) is 13.3. The van der Waals surface area contributed by atoms with Crippen LogP contribution in [0.2, 0.25) is 0 Å². The van der Waals surface area contributed by atoms with E-state index in [0.717, 1.165) is 50.3 Å². The predicted molar refractivity (Wildman–Crippen MR) is 107 cm³/mol. The van der Waals surface area contributed by atoms with Crippen molar-refractivity contribution in [3.63, 3.8) is 0 Å². The van der Waals surface area contributed by atoms with E-state index in [2.05, 4.69) is 22.1 Å². The molecule has 0 saturated carbocycles. The van der Waals surface area contributed by atoms with Crippen LogP contribution in [0.1, 0.15) is 54.5 Å². The van der Waals surface area contributed by atoms with Gasteiger partial charge in [-0.3, -0.25) is 14.4 Å². The Kier molecular flexibility index (Phi) is 5.67. The molecule has 0 unspecified atom stereocenters. The Balaban J connectivity index is 1.50. The maximum atomic E-state index is 11.1. The summed E-state index contributed by atoms with van der Waals surface area (Å²) in [7, 11) is 0. The molecule has 150 valence electrons. The van der Waals surface area contributed by atoms with Gasteiger partial charge in [-0.05, 0) is 68.8 Å². The number of aryl methyl sites for hydroxylation is 2. The van der Waals surface area contributed by atoms with Crippen molar-refractivity contribution >= 4 is 5.97 Å². The first-order valence-corrected chi connectivity index (χ1v) is 10.4. The van der Waals surface area contributed by atoms with Gasteiger partial charge in [-0.25, -0.2) is 0 Å². The van der Waals surface area contributed by atoms with Crippen LogP contribution in [0.4, 0.5) is 0 Å². The lowest BCUT2D eigenvalue weighted by Gasteiger charge is -2.33. The average molecular weight is 383 g/mol. The number of ether oxygens (including phenoxy) is 1. The van der Waals surface area contributed by atoms with E-state index in [-0.39, 0.29) is 6.54 Å². The molecule has 1 atom stereocenters. The third-order valence-electron chi connectivity index (χ3n) is 5.93. The van der Waals surface area contributed by atoms with Crippen molar-refractivity contribution in [3.05, 3.63) is 46.8 Å². The molecule has 1 aromatic heterocycles. The lowest BCUT2D eigenvalue weighted by atomic mass is 9.94. The van der Waals surface area contributed by atoms with Gasteiger partial charge in [0.05, 0.1) is 6.61 Å². The van der Waals surface area contributed by atoms with Gasteiger partial charge >= 0.3 is 5.97 Å². The number of aromatic nitrogens is 2. The van der Waals surface area contributed by atoms with Gasteiger partial charge in [0.2, 0.25) is 0 Å².